The van der Waals surface area contributed by atoms with Gasteiger partial charge in [-0.05, 0) is 41.1 Å². The summed E-state index contributed by atoms with van der Waals surface area (Å²) in [6, 6.07) is 12.8. The van der Waals surface area contributed by atoms with Crippen LogP contribution in [0.5, 0.6) is 0 Å². The van der Waals surface area contributed by atoms with E-state index in [0.29, 0.717) is 0 Å². The average Bonchev–Trinajstić information content (AvgIpc) is 3.25. The summed E-state index contributed by atoms with van der Waals surface area (Å²) in [6.07, 6.45) is 0. The SMILES string of the molecule is O=C(NCC(O)(c1cccs1)c1cccs1)c1cccc(F)c1. The van der Waals surface area contributed by atoms with E-state index in [-0.39, 0.29) is 12.1 Å². The molecule has 118 valence electrons. The third-order valence-corrected chi connectivity index (χ3v) is 5.49. The molecule has 6 heteroatoms. The zero-order chi connectivity index (χ0) is 16.3. The fourth-order valence-corrected chi connectivity index (χ4v) is 4.00. The molecule has 2 heterocycles. The van der Waals surface area contributed by atoms with E-state index >= 15 is 0 Å². The minimum atomic E-state index is -1.29. The molecule has 3 aromatic rings. The van der Waals surface area contributed by atoms with Crippen LogP contribution in [0.25, 0.3) is 0 Å². The summed E-state index contributed by atoms with van der Waals surface area (Å²) in [5, 5.41) is 17.6. The van der Waals surface area contributed by atoms with Crippen molar-refractivity contribution in [3.05, 3.63) is 80.4 Å². The first-order chi connectivity index (χ1) is 11.1. The number of hydrogen-bond acceptors (Lipinski definition) is 4. The van der Waals surface area contributed by atoms with Gasteiger partial charge in [0.15, 0.2) is 0 Å². The normalized spacial score (nSPS) is 11.4. The molecule has 0 aliphatic rings. The Morgan fingerprint density at radius 2 is 1.74 bits per heavy atom. The summed E-state index contributed by atoms with van der Waals surface area (Å²) in [7, 11) is 0. The molecule has 3 rings (SSSR count). The van der Waals surface area contributed by atoms with E-state index < -0.39 is 17.3 Å². The third-order valence-electron chi connectivity index (χ3n) is 3.45. The summed E-state index contributed by atoms with van der Waals surface area (Å²) in [4.78, 5) is 13.7. The van der Waals surface area contributed by atoms with Crippen LogP contribution in [0.15, 0.2) is 59.3 Å². The third kappa shape index (κ3) is 3.34. The molecule has 0 saturated carbocycles. The first kappa shape index (κ1) is 15.9. The smallest absolute Gasteiger partial charge is 0.251 e. The highest BCUT2D eigenvalue weighted by Crippen LogP contribution is 2.35. The molecular formula is C17H14FNO2S2. The standard InChI is InChI=1S/C17H14FNO2S2/c18-13-5-1-4-12(10-13)16(20)19-11-17(21,14-6-2-8-22-14)15-7-3-9-23-15/h1-10,21H,11H2,(H,19,20). The predicted octanol–water partition coefficient (Wildman–Crippen LogP) is 3.61. The minimum absolute atomic E-state index is 0.0172. The Kier molecular flexibility index (Phi) is 4.56. The zero-order valence-electron chi connectivity index (χ0n) is 12.0. The maximum atomic E-state index is 13.2. The Morgan fingerprint density at radius 3 is 2.26 bits per heavy atom. The number of halogens is 1. The largest absolute Gasteiger partial charge is 0.377 e. The number of nitrogens with one attached hydrogen (secondary N) is 1. The molecule has 3 nitrogen and oxygen atoms in total. The van der Waals surface area contributed by atoms with Crippen LogP contribution in [0.3, 0.4) is 0 Å². The molecule has 0 aliphatic carbocycles. The number of carbonyl (C=O) groups excluding carboxylic acids is 1. The molecule has 0 bridgehead atoms. The molecule has 2 aromatic heterocycles. The molecule has 0 fully saturated rings. The molecule has 2 N–H and O–H groups in total. The minimum Gasteiger partial charge on any atom is -0.377 e. The summed E-state index contributed by atoms with van der Waals surface area (Å²) in [5.74, 6) is -0.888. The monoisotopic (exact) mass is 347 g/mol. The number of benzene rings is 1. The number of aliphatic hydroxyl groups is 1. The van der Waals surface area contributed by atoms with Gasteiger partial charge in [0, 0.05) is 15.3 Å². The van der Waals surface area contributed by atoms with Gasteiger partial charge < -0.3 is 10.4 Å². The van der Waals surface area contributed by atoms with E-state index in [4.69, 9.17) is 0 Å². The lowest BCUT2D eigenvalue weighted by atomic mass is 9.99. The van der Waals surface area contributed by atoms with Crippen molar-refractivity contribution in [3.8, 4) is 0 Å². The van der Waals surface area contributed by atoms with Crippen molar-refractivity contribution in [2.24, 2.45) is 0 Å². The summed E-state index contributed by atoms with van der Waals surface area (Å²) in [5.41, 5.74) is -1.06. The van der Waals surface area contributed by atoms with Crippen LogP contribution < -0.4 is 5.32 Å². The Hall–Kier alpha value is -2.02. The Balaban J connectivity index is 1.82. The van der Waals surface area contributed by atoms with E-state index in [0.717, 1.165) is 9.75 Å². The molecule has 1 aromatic carbocycles. The van der Waals surface area contributed by atoms with Gasteiger partial charge in [0.2, 0.25) is 0 Å². The highest BCUT2D eigenvalue weighted by molar-refractivity contribution is 7.11. The molecule has 0 radical (unpaired) electrons. The number of carbonyl (C=O) groups is 1. The number of thiophene rings is 2. The van der Waals surface area contributed by atoms with Crippen LogP contribution >= 0.6 is 22.7 Å². The van der Waals surface area contributed by atoms with E-state index in [1.807, 2.05) is 35.0 Å². The fourth-order valence-electron chi connectivity index (χ4n) is 2.26. The second kappa shape index (κ2) is 6.62. The maximum absolute atomic E-state index is 13.2. The van der Waals surface area contributed by atoms with E-state index in [9.17, 15) is 14.3 Å². The molecule has 0 atom stereocenters. The topological polar surface area (TPSA) is 49.3 Å². The van der Waals surface area contributed by atoms with Crippen molar-refractivity contribution in [3.63, 3.8) is 0 Å². The van der Waals surface area contributed by atoms with Gasteiger partial charge in [0.25, 0.3) is 5.91 Å². The van der Waals surface area contributed by atoms with Gasteiger partial charge >= 0.3 is 0 Å². The molecule has 23 heavy (non-hydrogen) atoms. The van der Waals surface area contributed by atoms with Gasteiger partial charge in [-0.3, -0.25) is 4.79 Å². The van der Waals surface area contributed by atoms with Crippen molar-refractivity contribution >= 4 is 28.6 Å². The first-order valence-electron chi connectivity index (χ1n) is 6.94. The quantitative estimate of drug-likeness (QED) is 0.741. The van der Waals surface area contributed by atoms with Crippen molar-refractivity contribution in [2.75, 3.05) is 6.54 Å². The highest BCUT2D eigenvalue weighted by Gasteiger charge is 2.34. The van der Waals surface area contributed by atoms with Crippen LogP contribution in [0, 0.1) is 5.82 Å². The lowest BCUT2D eigenvalue weighted by Crippen LogP contribution is -2.40. The van der Waals surface area contributed by atoms with Crippen LogP contribution in [-0.4, -0.2) is 17.6 Å². The highest BCUT2D eigenvalue weighted by atomic mass is 32.1. The van der Waals surface area contributed by atoms with Gasteiger partial charge in [-0.15, -0.1) is 22.7 Å². The Morgan fingerprint density at radius 1 is 1.09 bits per heavy atom. The molecule has 1 amide bonds. The van der Waals surface area contributed by atoms with E-state index in [2.05, 4.69) is 5.32 Å². The summed E-state index contributed by atoms with van der Waals surface area (Å²) < 4.78 is 13.2. The molecule has 0 saturated heterocycles. The Bertz CT molecular complexity index is 751. The lowest BCUT2D eigenvalue weighted by molar-refractivity contribution is 0.0739. The number of hydrogen-bond donors (Lipinski definition) is 2. The van der Waals surface area contributed by atoms with Gasteiger partial charge in [-0.2, -0.15) is 0 Å². The van der Waals surface area contributed by atoms with Crippen molar-refractivity contribution < 1.29 is 14.3 Å². The summed E-state index contributed by atoms with van der Waals surface area (Å²) >= 11 is 2.85. The van der Waals surface area contributed by atoms with Crippen molar-refractivity contribution in [1.82, 2.24) is 5.32 Å². The lowest BCUT2D eigenvalue weighted by Gasteiger charge is -2.26. The Labute approximate surface area is 141 Å². The summed E-state index contributed by atoms with van der Waals surface area (Å²) in [6.45, 7) is 0.0172. The van der Waals surface area contributed by atoms with Gasteiger partial charge in [-0.25, -0.2) is 4.39 Å². The average molecular weight is 347 g/mol. The van der Waals surface area contributed by atoms with Crippen molar-refractivity contribution in [2.45, 2.75) is 5.60 Å². The first-order valence-corrected chi connectivity index (χ1v) is 8.69. The number of amides is 1. The molecule has 0 unspecified atom stereocenters. The van der Waals surface area contributed by atoms with Gasteiger partial charge in [0.05, 0.1) is 6.54 Å². The van der Waals surface area contributed by atoms with Gasteiger partial charge in [0.1, 0.15) is 11.4 Å². The second-order valence-corrected chi connectivity index (χ2v) is 6.90. The van der Waals surface area contributed by atoms with Gasteiger partial charge in [-0.1, -0.05) is 18.2 Å². The molecule has 0 aliphatic heterocycles. The maximum Gasteiger partial charge on any atom is 0.251 e. The van der Waals surface area contributed by atoms with E-state index in [1.54, 1.807) is 0 Å². The van der Waals surface area contributed by atoms with E-state index in [1.165, 1.54) is 46.9 Å². The molecule has 0 spiro atoms. The zero-order valence-corrected chi connectivity index (χ0v) is 13.7. The molecular weight excluding hydrogens is 333 g/mol. The van der Waals surface area contributed by atoms with Crippen LogP contribution in [0.4, 0.5) is 4.39 Å². The number of rotatable bonds is 5. The van der Waals surface area contributed by atoms with Crippen LogP contribution in [0.1, 0.15) is 20.1 Å². The van der Waals surface area contributed by atoms with Crippen LogP contribution in [-0.2, 0) is 5.60 Å². The van der Waals surface area contributed by atoms with Crippen LogP contribution in [0.2, 0.25) is 0 Å². The predicted molar refractivity (Wildman–Crippen MR) is 90.4 cm³/mol. The van der Waals surface area contributed by atoms with Crippen molar-refractivity contribution in [1.29, 1.82) is 0 Å². The second-order valence-electron chi connectivity index (χ2n) is 5.01. The fraction of sp³-hybridized carbons (Fsp3) is 0.118.